The van der Waals surface area contributed by atoms with E-state index < -0.39 is 23.3 Å². The first-order valence-electron chi connectivity index (χ1n) is 8.00. The van der Waals surface area contributed by atoms with Crippen LogP contribution in [-0.2, 0) is 16.0 Å². The maximum absolute atomic E-state index is 11.9. The number of carbonyl (C=O) groups is 1. The molecular weight excluding hydrogens is 324 g/mol. The molecule has 0 fully saturated rings. The molecule has 1 aromatic carbocycles. The van der Waals surface area contributed by atoms with Crippen LogP contribution in [0.1, 0.15) is 33.3 Å². The highest BCUT2D eigenvalue weighted by molar-refractivity contribution is 5.87. The van der Waals surface area contributed by atoms with E-state index in [0.29, 0.717) is 23.1 Å². The molecule has 1 aliphatic heterocycles. The molecule has 0 spiro atoms. The van der Waals surface area contributed by atoms with Crippen LogP contribution in [0.3, 0.4) is 0 Å². The van der Waals surface area contributed by atoms with E-state index in [1.54, 1.807) is 19.9 Å². The lowest BCUT2D eigenvalue weighted by molar-refractivity contribution is -0.158. The van der Waals surface area contributed by atoms with Crippen molar-refractivity contribution >= 4 is 16.9 Å². The Hall–Kier alpha value is -2.76. The van der Waals surface area contributed by atoms with Crippen molar-refractivity contribution in [2.75, 3.05) is 0 Å². The Morgan fingerprint density at radius 3 is 2.76 bits per heavy atom. The number of ether oxygens (including phenoxy) is 2. The SMILES string of the molecule is CC(C)=CC(=O)OC(C)(C)C1Cc2c(cc3oc(=O)ccc3c2O)O1. The Bertz CT molecular complexity index is 931. The first kappa shape index (κ1) is 17.1. The zero-order chi connectivity index (χ0) is 18.4. The molecule has 0 bridgehead atoms. The number of aromatic hydroxyl groups is 1. The zero-order valence-electron chi connectivity index (χ0n) is 14.6. The maximum Gasteiger partial charge on any atom is 0.336 e. The first-order valence-corrected chi connectivity index (χ1v) is 8.00. The lowest BCUT2D eigenvalue weighted by Gasteiger charge is -2.30. The standard InChI is InChI=1S/C19H20O6/c1-10(2)7-17(21)25-19(3,4)15-8-12-14(23-15)9-13-11(18(12)22)5-6-16(20)24-13/h5-7,9,15,22H,8H2,1-4H3. The van der Waals surface area contributed by atoms with Crippen LogP contribution in [0.2, 0.25) is 0 Å². The number of phenols is 1. The highest BCUT2D eigenvalue weighted by atomic mass is 16.6. The molecule has 1 N–H and O–H groups in total. The van der Waals surface area contributed by atoms with Gasteiger partial charge >= 0.3 is 11.6 Å². The number of hydrogen-bond acceptors (Lipinski definition) is 6. The molecule has 0 amide bonds. The predicted octanol–water partition coefficient (Wildman–Crippen LogP) is 3.09. The van der Waals surface area contributed by atoms with E-state index in [1.807, 2.05) is 13.8 Å². The van der Waals surface area contributed by atoms with Gasteiger partial charge in [-0.15, -0.1) is 0 Å². The third-order valence-corrected chi connectivity index (χ3v) is 4.17. The number of hydrogen-bond donors (Lipinski definition) is 1. The lowest BCUT2D eigenvalue weighted by Crippen LogP contribution is -2.43. The van der Waals surface area contributed by atoms with Gasteiger partial charge in [0, 0.05) is 30.2 Å². The Morgan fingerprint density at radius 2 is 2.08 bits per heavy atom. The zero-order valence-corrected chi connectivity index (χ0v) is 14.6. The van der Waals surface area contributed by atoms with E-state index in [9.17, 15) is 14.7 Å². The fraction of sp³-hybridized carbons (Fsp3) is 0.368. The summed E-state index contributed by atoms with van der Waals surface area (Å²) < 4.78 is 16.5. The van der Waals surface area contributed by atoms with Crippen molar-refractivity contribution in [1.29, 1.82) is 0 Å². The number of rotatable bonds is 3. The molecule has 2 heterocycles. The fourth-order valence-corrected chi connectivity index (χ4v) is 2.88. The predicted molar refractivity (Wildman–Crippen MR) is 91.9 cm³/mol. The van der Waals surface area contributed by atoms with E-state index >= 15 is 0 Å². The van der Waals surface area contributed by atoms with Crippen molar-refractivity contribution in [3.63, 3.8) is 0 Å². The van der Waals surface area contributed by atoms with Crippen LogP contribution < -0.4 is 10.4 Å². The summed E-state index contributed by atoms with van der Waals surface area (Å²) >= 11 is 0. The quantitative estimate of drug-likeness (QED) is 0.523. The highest BCUT2D eigenvalue weighted by Crippen LogP contribution is 2.43. The van der Waals surface area contributed by atoms with Crippen molar-refractivity contribution < 1.29 is 23.8 Å². The van der Waals surface area contributed by atoms with Crippen molar-refractivity contribution in [3.05, 3.63) is 45.8 Å². The first-order chi connectivity index (χ1) is 11.7. The molecule has 0 aliphatic carbocycles. The van der Waals surface area contributed by atoms with E-state index in [0.717, 1.165) is 5.57 Å². The van der Waals surface area contributed by atoms with Crippen molar-refractivity contribution in [2.45, 2.75) is 45.8 Å². The summed E-state index contributed by atoms with van der Waals surface area (Å²) in [6.45, 7) is 7.15. The second-order valence-corrected chi connectivity index (χ2v) is 6.92. The van der Waals surface area contributed by atoms with Crippen molar-refractivity contribution in [2.24, 2.45) is 0 Å². The molecule has 132 valence electrons. The van der Waals surface area contributed by atoms with Gasteiger partial charge in [0.15, 0.2) is 0 Å². The molecule has 1 unspecified atom stereocenters. The summed E-state index contributed by atoms with van der Waals surface area (Å²) in [5.41, 5.74) is 0.302. The summed E-state index contributed by atoms with van der Waals surface area (Å²) in [6.07, 6.45) is 1.33. The molecular formula is C19H20O6. The molecule has 6 heteroatoms. The maximum atomic E-state index is 11.9. The Balaban J connectivity index is 1.91. The van der Waals surface area contributed by atoms with Crippen molar-refractivity contribution in [3.8, 4) is 11.5 Å². The van der Waals surface area contributed by atoms with Gasteiger partial charge in [0.1, 0.15) is 28.8 Å². The van der Waals surface area contributed by atoms with E-state index in [2.05, 4.69) is 0 Å². The minimum atomic E-state index is -0.901. The molecule has 1 aliphatic rings. The summed E-state index contributed by atoms with van der Waals surface area (Å²) in [7, 11) is 0. The van der Waals surface area contributed by atoms with Crippen LogP contribution in [0.5, 0.6) is 11.5 Å². The Kier molecular flexibility index (Phi) is 4.06. The van der Waals surface area contributed by atoms with E-state index in [-0.39, 0.29) is 11.3 Å². The number of benzene rings is 1. The van der Waals surface area contributed by atoms with Crippen LogP contribution in [0.25, 0.3) is 11.0 Å². The van der Waals surface area contributed by atoms with Crippen molar-refractivity contribution in [1.82, 2.24) is 0 Å². The molecule has 0 saturated carbocycles. The second-order valence-electron chi connectivity index (χ2n) is 6.92. The number of allylic oxidation sites excluding steroid dienone is 1. The topological polar surface area (TPSA) is 86.0 Å². The van der Waals surface area contributed by atoms with Gasteiger partial charge in [-0.3, -0.25) is 0 Å². The second kappa shape index (κ2) is 5.95. The average molecular weight is 344 g/mol. The summed E-state index contributed by atoms with van der Waals surface area (Å²) in [5.74, 6) is 0.00537. The summed E-state index contributed by atoms with van der Waals surface area (Å²) in [4.78, 5) is 23.3. The molecule has 0 saturated heterocycles. The number of fused-ring (bicyclic) bond motifs is 2. The van der Waals surface area contributed by atoms with Gasteiger partial charge in [0.25, 0.3) is 0 Å². The fourth-order valence-electron chi connectivity index (χ4n) is 2.88. The third-order valence-electron chi connectivity index (χ3n) is 4.17. The number of phenolic OH excluding ortho intramolecular Hbond substituents is 1. The molecule has 1 aromatic heterocycles. The minimum absolute atomic E-state index is 0.0187. The summed E-state index contributed by atoms with van der Waals surface area (Å²) in [6, 6.07) is 4.36. The van der Waals surface area contributed by atoms with Crippen LogP contribution in [0, 0.1) is 0 Å². The van der Waals surface area contributed by atoms with Gasteiger partial charge < -0.3 is 19.0 Å². The van der Waals surface area contributed by atoms with Crippen LogP contribution in [0.4, 0.5) is 0 Å². The van der Waals surface area contributed by atoms with Crippen LogP contribution in [0.15, 0.2) is 39.1 Å². The Morgan fingerprint density at radius 1 is 1.36 bits per heavy atom. The van der Waals surface area contributed by atoms with Crippen LogP contribution >= 0.6 is 0 Å². The third kappa shape index (κ3) is 3.24. The largest absolute Gasteiger partial charge is 0.507 e. The van der Waals surface area contributed by atoms with E-state index in [1.165, 1.54) is 18.2 Å². The normalized spacial score (nSPS) is 16.2. The molecule has 6 nitrogen and oxygen atoms in total. The smallest absolute Gasteiger partial charge is 0.336 e. The lowest BCUT2D eigenvalue weighted by atomic mass is 9.95. The summed E-state index contributed by atoms with van der Waals surface area (Å²) in [5, 5.41) is 10.9. The molecule has 25 heavy (non-hydrogen) atoms. The van der Waals surface area contributed by atoms with Gasteiger partial charge in [0.05, 0.1) is 5.39 Å². The number of carbonyl (C=O) groups excluding carboxylic acids is 1. The van der Waals surface area contributed by atoms with Gasteiger partial charge in [-0.2, -0.15) is 0 Å². The number of esters is 1. The molecule has 3 rings (SSSR count). The molecule has 0 radical (unpaired) electrons. The highest BCUT2D eigenvalue weighted by Gasteiger charge is 2.41. The van der Waals surface area contributed by atoms with Gasteiger partial charge in [-0.05, 0) is 33.8 Å². The molecule has 1 atom stereocenters. The van der Waals surface area contributed by atoms with Gasteiger partial charge in [-0.25, -0.2) is 9.59 Å². The van der Waals surface area contributed by atoms with Gasteiger partial charge in [-0.1, -0.05) is 5.57 Å². The molecule has 2 aromatic rings. The van der Waals surface area contributed by atoms with E-state index in [4.69, 9.17) is 13.9 Å². The minimum Gasteiger partial charge on any atom is -0.507 e. The van der Waals surface area contributed by atoms with Gasteiger partial charge in [0.2, 0.25) is 0 Å². The average Bonchev–Trinajstić information content (AvgIpc) is 2.90. The Labute approximate surface area is 144 Å². The monoisotopic (exact) mass is 344 g/mol. The van der Waals surface area contributed by atoms with Crippen LogP contribution in [-0.4, -0.2) is 22.8 Å².